The Morgan fingerprint density at radius 2 is 1.46 bits per heavy atom. The van der Waals surface area contributed by atoms with E-state index in [0.717, 1.165) is 32.8 Å². The number of ether oxygens (including phenoxy) is 2. The first-order chi connectivity index (χ1) is 11.9. The molecule has 2 atom stereocenters. The SMILES string of the molecule is C[C@@H]1CN(CCOCC(=O)NC(C)(C)C)[C@@H](C)CN1CCOC(C)(C)C. The minimum atomic E-state index is -0.211. The fraction of sp³-hybridized carbons (Fsp3) is 0.950. The average molecular weight is 372 g/mol. The molecular weight excluding hydrogens is 330 g/mol. The molecule has 0 aromatic heterocycles. The Morgan fingerprint density at radius 1 is 0.962 bits per heavy atom. The average Bonchev–Trinajstić information content (AvgIpc) is 2.44. The Bertz CT molecular complexity index is 429. The van der Waals surface area contributed by atoms with Gasteiger partial charge in [0.25, 0.3) is 0 Å². The molecule has 1 rings (SSSR count). The lowest BCUT2D eigenvalue weighted by Crippen LogP contribution is -2.57. The molecule has 0 spiro atoms. The van der Waals surface area contributed by atoms with E-state index < -0.39 is 0 Å². The minimum absolute atomic E-state index is 0.0532. The van der Waals surface area contributed by atoms with Crippen molar-refractivity contribution < 1.29 is 14.3 Å². The molecule has 0 aromatic rings. The standard InChI is InChI=1S/C20H41N3O3/c1-16-14-23(10-12-26-20(6,7)8)17(2)13-22(16)9-11-25-15-18(24)21-19(3,4)5/h16-17H,9-15H2,1-8H3,(H,21,24)/t16-,17+/m0/s1. The second kappa shape index (κ2) is 10.0. The number of nitrogens with one attached hydrogen (secondary N) is 1. The highest BCUT2D eigenvalue weighted by molar-refractivity contribution is 5.77. The van der Waals surface area contributed by atoms with Gasteiger partial charge in [-0.05, 0) is 55.4 Å². The molecule has 0 aromatic carbocycles. The maximum atomic E-state index is 11.8. The number of amides is 1. The highest BCUT2D eigenvalue weighted by Crippen LogP contribution is 2.15. The van der Waals surface area contributed by atoms with Gasteiger partial charge < -0.3 is 14.8 Å². The molecule has 1 heterocycles. The summed E-state index contributed by atoms with van der Waals surface area (Å²) in [6.07, 6.45) is 0. The van der Waals surface area contributed by atoms with E-state index in [1.807, 2.05) is 20.8 Å². The van der Waals surface area contributed by atoms with Gasteiger partial charge in [-0.2, -0.15) is 0 Å². The number of rotatable bonds is 8. The van der Waals surface area contributed by atoms with Crippen molar-refractivity contribution in [3.8, 4) is 0 Å². The van der Waals surface area contributed by atoms with Gasteiger partial charge in [0.05, 0.1) is 18.8 Å². The van der Waals surface area contributed by atoms with E-state index in [9.17, 15) is 4.79 Å². The third-order valence-electron chi connectivity index (χ3n) is 4.43. The lowest BCUT2D eigenvalue weighted by Gasteiger charge is -2.44. The second-order valence-electron chi connectivity index (χ2n) is 9.50. The van der Waals surface area contributed by atoms with Gasteiger partial charge in [0.1, 0.15) is 6.61 Å². The van der Waals surface area contributed by atoms with Crippen LogP contribution in [0.2, 0.25) is 0 Å². The molecule has 6 heteroatoms. The van der Waals surface area contributed by atoms with Crippen molar-refractivity contribution in [1.29, 1.82) is 0 Å². The summed E-state index contributed by atoms with van der Waals surface area (Å²) in [5, 5.41) is 2.91. The fourth-order valence-corrected chi connectivity index (χ4v) is 3.16. The molecule has 1 N–H and O–H groups in total. The van der Waals surface area contributed by atoms with E-state index in [1.165, 1.54) is 0 Å². The van der Waals surface area contributed by atoms with Gasteiger partial charge in [0, 0.05) is 43.8 Å². The van der Waals surface area contributed by atoms with Crippen LogP contribution in [0.15, 0.2) is 0 Å². The molecule has 1 saturated heterocycles. The van der Waals surface area contributed by atoms with Crippen molar-refractivity contribution >= 4 is 5.91 Å². The molecule has 1 amide bonds. The van der Waals surface area contributed by atoms with E-state index in [1.54, 1.807) is 0 Å². The summed E-state index contributed by atoms with van der Waals surface area (Å²) < 4.78 is 11.4. The molecule has 154 valence electrons. The quantitative estimate of drug-likeness (QED) is 0.663. The van der Waals surface area contributed by atoms with Gasteiger partial charge in [-0.1, -0.05) is 0 Å². The Labute approximate surface area is 160 Å². The number of nitrogens with zero attached hydrogens (tertiary/aromatic N) is 2. The van der Waals surface area contributed by atoms with Crippen molar-refractivity contribution in [3.63, 3.8) is 0 Å². The van der Waals surface area contributed by atoms with Crippen LogP contribution in [0.5, 0.6) is 0 Å². The Balaban J connectivity index is 2.27. The monoisotopic (exact) mass is 371 g/mol. The third kappa shape index (κ3) is 9.86. The fourth-order valence-electron chi connectivity index (χ4n) is 3.16. The molecule has 0 radical (unpaired) electrons. The first kappa shape index (κ1) is 23.3. The van der Waals surface area contributed by atoms with E-state index in [4.69, 9.17) is 9.47 Å². The molecule has 0 unspecified atom stereocenters. The molecule has 1 aliphatic heterocycles. The van der Waals surface area contributed by atoms with Crippen LogP contribution in [0.3, 0.4) is 0 Å². The summed E-state index contributed by atoms with van der Waals surface area (Å²) in [5.41, 5.74) is -0.287. The Morgan fingerprint density at radius 3 is 1.92 bits per heavy atom. The summed E-state index contributed by atoms with van der Waals surface area (Å²) in [7, 11) is 0. The first-order valence-electron chi connectivity index (χ1n) is 9.88. The zero-order chi connectivity index (χ0) is 20.0. The van der Waals surface area contributed by atoms with Crippen molar-refractivity contribution in [1.82, 2.24) is 15.1 Å². The number of hydrogen-bond acceptors (Lipinski definition) is 5. The zero-order valence-electron chi connectivity index (χ0n) is 18.2. The van der Waals surface area contributed by atoms with Crippen LogP contribution in [0.25, 0.3) is 0 Å². The van der Waals surface area contributed by atoms with E-state index >= 15 is 0 Å². The zero-order valence-corrected chi connectivity index (χ0v) is 18.2. The molecule has 1 fully saturated rings. The van der Waals surface area contributed by atoms with Gasteiger partial charge in [-0.3, -0.25) is 14.6 Å². The largest absolute Gasteiger partial charge is 0.375 e. The Hall–Kier alpha value is -0.690. The summed E-state index contributed by atoms with van der Waals surface area (Å²) in [6, 6.07) is 0.979. The first-order valence-corrected chi connectivity index (χ1v) is 9.88. The third-order valence-corrected chi connectivity index (χ3v) is 4.43. The van der Waals surface area contributed by atoms with Crippen LogP contribution in [0.1, 0.15) is 55.4 Å². The highest BCUT2D eigenvalue weighted by Gasteiger charge is 2.28. The van der Waals surface area contributed by atoms with Crippen LogP contribution < -0.4 is 5.32 Å². The van der Waals surface area contributed by atoms with Gasteiger partial charge in [0.2, 0.25) is 5.91 Å². The number of hydrogen-bond donors (Lipinski definition) is 1. The van der Waals surface area contributed by atoms with Crippen LogP contribution in [-0.2, 0) is 14.3 Å². The van der Waals surface area contributed by atoms with Crippen LogP contribution in [-0.4, -0.2) is 84.9 Å². The van der Waals surface area contributed by atoms with E-state index in [2.05, 4.69) is 49.7 Å². The molecule has 0 saturated carbocycles. The number of carbonyl (C=O) groups excluding carboxylic acids is 1. The number of carbonyl (C=O) groups is 1. The summed E-state index contributed by atoms with van der Waals surface area (Å²) in [5.74, 6) is -0.0532. The lowest BCUT2D eigenvalue weighted by molar-refractivity contribution is -0.127. The maximum absolute atomic E-state index is 11.8. The maximum Gasteiger partial charge on any atom is 0.246 e. The normalized spacial score (nSPS) is 23.2. The van der Waals surface area contributed by atoms with Crippen LogP contribution in [0, 0.1) is 0 Å². The van der Waals surface area contributed by atoms with Crippen molar-refractivity contribution in [2.45, 2.75) is 78.6 Å². The highest BCUT2D eigenvalue weighted by atomic mass is 16.5. The summed E-state index contributed by atoms with van der Waals surface area (Å²) in [4.78, 5) is 16.7. The second-order valence-corrected chi connectivity index (χ2v) is 9.50. The molecule has 26 heavy (non-hydrogen) atoms. The van der Waals surface area contributed by atoms with Gasteiger partial charge >= 0.3 is 0 Å². The predicted molar refractivity (Wildman–Crippen MR) is 106 cm³/mol. The molecule has 1 aliphatic rings. The van der Waals surface area contributed by atoms with Crippen molar-refractivity contribution in [2.75, 3.05) is 46.0 Å². The van der Waals surface area contributed by atoms with Crippen molar-refractivity contribution in [2.24, 2.45) is 0 Å². The Kier molecular flexibility index (Phi) is 9.00. The topological polar surface area (TPSA) is 54.0 Å². The van der Waals surface area contributed by atoms with Gasteiger partial charge in [-0.25, -0.2) is 0 Å². The van der Waals surface area contributed by atoms with E-state index in [0.29, 0.717) is 18.7 Å². The van der Waals surface area contributed by atoms with Crippen molar-refractivity contribution in [3.05, 3.63) is 0 Å². The van der Waals surface area contributed by atoms with Gasteiger partial charge in [0.15, 0.2) is 0 Å². The minimum Gasteiger partial charge on any atom is -0.375 e. The molecule has 0 aliphatic carbocycles. The molecule has 0 bridgehead atoms. The predicted octanol–water partition coefficient (Wildman–Crippen LogP) is 2.13. The molecular formula is C20H41N3O3. The summed E-state index contributed by atoms with van der Waals surface area (Å²) >= 11 is 0. The summed E-state index contributed by atoms with van der Waals surface area (Å²) in [6.45, 7) is 22.1. The smallest absolute Gasteiger partial charge is 0.246 e. The molecule has 6 nitrogen and oxygen atoms in total. The van der Waals surface area contributed by atoms with Crippen LogP contribution in [0.4, 0.5) is 0 Å². The van der Waals surface area contributed by atoms with E-state index in [-0.39, 0.29) is 23.7 Å². The van der Waals surface area contributed by atoms with Gasteiger partial charge in [-0.15, -0.1) is 0 Å². The number of piperazine rings is 1. The van der Waals surface area contributed by atoms with Crippen LogP contribution >= 0.6 is 0 Å². The lowest BCUT2D eigenvalue weighted by atomic mass is 10.1.